The van der Waals surface area contributed by atoms with Crippen molar-refractivity contribution in [1.29, 1.82) is 0 Å². The van der Waals surface area contributed by atoms with Crippen LogP contribution in [0.3, 0.4) is 0 Å². The molecule has 1 saturated carbocycles. The number of hydrogen-bond donors (Lipinski definition) is 2. The average Bonchev–Trinajstić information content (AvgIpc) is 2.80. The Morgan fingerprint density at radius 3 is 2.65 bits per heavy atom. The Kier molecular flexibility index (Phi) is 6.26. The van der Waals surface area contributed by atoms with Crippen LogP contribution >= 0.6 is 11.6 Å². The lowest BCUT2D eigenvalue weighted by atomic mass is 9.63. The molecule has 1 atom stereocenters. The number of ether oxygens (including phenoxy) is 2. The Morgan fingerprint density at radius 2 is 1.94 bits per heavy atom. The number of H-pyrrole nitrogens is 1. The quantitative estimate of drug-likeness (QED) is 0.553. The largest absolute Gasteiger partial charge is 0.496 e. The third-order valence-corrected chi connectivity index (χ3v) is 7.03. The molecule has 164 valence electrons. The highest BCUT2D eigenvalue weighted by Gasteiger charge is 2.43. The summed E-state index contributed by atoms with van der Waals surface area (Å²) in [4.78, 5) is 14.7. The summed E-state index contributed by atoms with van der Waals surface area (Å²) < 4.78 is 12.0. The average molecular weight is 441 g/mol. The van der Waals surface area contributed by atoms with Gasteiger partial charge in [-0.25, -0.2) is 0 Å². The fourth-order valence-electron chi connectivity index (χ4n) is 4.97. The number of aromatic amines is 1. The summed E-state index contributed by atoms with van der Waals surface area (Å²) in [6, 6.07) is 13.6. The van der Waals surface area contributed by atoms with Crippen molar-refractivity contribution in [2.45, 2.75) is 56.6 Å². The molecule has 1 aliphatic rings. The normalized spacial score (nSPS) is 22.3. The van der Waals surface area contributed by atoms with Gasteiger partial charge in [-0.05, 0) is 61.8 Å². The lowest BCUT2D eigenvalue weighted by Crippen LogP contribution is -2.49. The first kappa shape index (κ1) is 21.7. The van der Waals surface area contributed by atoms with Crippen molar-refractivity contribution >= 4 is 22.4 Å². The van der Waals surface area contributed by atoms with Gasteiger partial charge in [0, 0.05) is 28.6 Å². The first-order valence-corrected chi connectivity index (χ1v) is 11.2. The van der Waals surface area contributed by atoms with Crippen LogP contribution in [-0.4, -0.2) is 24.2 Å². The number of benzene rings is 2. The fourth-order valence-corrected chi connectivity index (χ4v) is 5.18. The van der Waals surface area contributed by atoms with Crippen molar-refractivity contribution in [1.82, 2.24) is 4.98 Å². The van der Waals surface area contributed by atoms with Crippen molar-refractivity contribution in [3.8, 4) is 11.5 Å². The van der Waals surface area contributed by atoms with Crippen LogP contribution in [0.4, 0.5) is 0 Å². The molecule has 0 bridgehead atoms. The Hall–Kier alpha value is -2.50. The van der Waals surface area contributed by atoms with Crippen LogP contribution in [0.15, 0.2) is 53.5 Å². The van der Waals surface area contributed by atoms with Gasteiger partial charge in [-0.1, -0.05) is 36.7 Å². The van der Waals surface area contributed by atoms with Crippen LogP contribution in [0, 0.1) is 0 Å². The van der Waals surface area contributed by atoms with Gasteiger partial charge in [0.2, 0.25) is 0 Å². The smallest absolute Gasteiger partial charge is 0.255 e. The van der Waals surface area contributed by atoms with Crippen molar-refractivity contribution in [3.63, 3.8) is 0 Å². The summed E-state index contributed by atoms with van der Waals surface area (Å²) in [6.45, 7) is 2.14. The molecule has 2 aromatic carbocycles. The molecule has 0 aliphatic heterocycles. The molecule has 6 heteroatoms. The van der Waals surface area contributed by atoms with E-state index in [-0.39, 0.29) is 23.1 Å². The second-order valence-corrected chi connectivity index (χ2v) is 8.77. The Bertz CT molecular complexity index is 1120. The Balaban J connectivity index is 1.57. The van der Waals surface area contributed by atoms with E-state index in [1.807, 2.05) is 24.3 Å². The highest BCUT2D eigenvalue weighted by Crippen LogP contribution is 2.47. The number of rotatable bonds is 6. The van der Waals surface area contributed by atoms with E-state index < -0.39 is 0 Å². The monoisotopic (exact) mass is 440 g/mol. The number of para-hydroxylation sites is 1. The molecule has 0 amide bonds. The summed E-state index contributed by atoms with van der Waals surface area (Å²) >= 11 is 6.44. The molecule has 0 radical (unpaired) electrons. The SMILES string of the molecule is CC[C@H](N)[C@]1(c2ccccc2OC)CC[C@@H](Oc2cc3cc[nH]c(=O)c3cc2Cl)CC1. The number of hydrogen-bond acceptors (Lipinski definition) is 4. The maximum Gasteiger partial charge on any atom is 0.255 e. The fraction of sp³-hybridized carbons (Fsp3) is 0.400. The van der Waals surface area contributed by atoms with E-state index in [0.29, 0.717) is 16.2 Å². The summed E-state index contributed by atoms with van der Waals surface area (Å²) in [5, 5.41) is 1.83. The van der Waals surface area contributed by atoms with Crippen LogP contribution in [0.1, 0.15) is 44.6 Å². The Labute approximate surface area is 187 Å². The van der Waals surface area contributed by atoms with E-state index in [0.717, 1.165) is 43.2 Å². The second kappa shape index (κ2) is 8.93. The van der Waals surface area contributed by atoms with Crippen LogP contribution in [-0.2, 0) is 5.41 Å². The summed E-state index contributed by atoms with van der Waals surface area (Å²) in [6.07, 6.45) is 6.15. The van der Waals surface area contributed by atoms with Crippen LogP contribution in [0.25, 0.3) is 10.8 Å². The molecule has 31 heavy (non-hydrogen) atoms. The molecule has 4 rings (SSSR count). The van der Waals surface area contributed by atoms with Gasteiger partial charge in [0.15, 0.2) is 0 Å². The van der Waals surface area contributed by atoms with E-state index in [1.54, 1.807) is 19.4 Å². The van der Waals surface area contributed by atoms with Crippen molar-refractivity contribution in [2.75, 3.05) is 7.11 Å². The van der Waals surface area contributed by atoms with Gasteiger partial charge in [-0.15, -0.1) is 0 Å². The maximum atomic E-state index is 12.0. The molecule has 0 saturated heterocycles. The van der Waals surface area contributed by atoms with E-state index in [2.05, 4.69) is 24.0 Å². The third-order valence-electron chi connectivity index (χ3n) is 6.74. The minimum atomic E-state index is -0.154. The minimum absolute atomic E-state index is 0.0423. The molecule has 5 nitrogen and oxygen atoms in total. The molecule has 1 heterocycles. The van der Waals surface area contributed by atoms with Crippen molar-refractivity contribution in [2.24, 2.45) is 5.73 Å². The second-order valence-electron chi connectivity index (χ2n) is 8.37. The number of halogens is 1. The molecule has 1 aliphatic carbocycles. The molecular weight excluding hydrogens is 412 g/mol. The van der Waals surface area contributed by atoms with E-state index in [4.69, 9.17) is 26.8 Å². The molecule has 1 aromatic heterocycles. The maximum absolute atomic E-state index is 12.0. The van der Waals surface area contributed by atoms with E-state index in [1.165, 1.54) is 5.56 Å². The minimum Gasteiger partial charge on any atom is -0.496 e. The number of nitrogens with one attached hydrogen (secondary N) is 1. The number of pyridine rings is 1. The zero-order chi connectivity index (χ0) is 22.0. The van der Waals surface area contributed by atoms with Gasteiger partial charge in [0.25, 0.3) is 5.56 Å². The highest BCUT2D eigenvalue weighted by atomic mass is 35.5. The highest BCUT2D eigenvalue weighted by molar-refractivity contribution is 6.32. The molecule has 0 unspecified atom stereocenters. The van der Waals surface area contributed by atoms with E-state index in [9.17, 15) is 4.79 Å². The summed E-state index contributed by atoms with van der Waals surface area (Å²) in [7, 11) is 1.71. The lowest BCUT2D eigenvalue weighted by Gasteiger charge is -2.45. The third kappa shape index (κ3) is 4.04. The van der Waals surface area contributed by atoms with Crippen LogP contribution in [0.2, 0.25) is 5.02 Å². The van der Waals surface area contributed by atoms with Gasteiger partial charge in [-0.2, -0.15) is 0 Å². The number of fused-ring (bicyclic) bond motifs is 1. The molecular formula is C25H29ClN2O3. The summed E-state index contributed by atoms with van der Waals surface area (Å²) in [5.41, 5.74) is 7.58. The zero-order valence-electron chi connectivity index (χ0n) is 18.0. The Morgan fingerprint density at radius 1 is 1.19 bits per heavy atom. The van der Waals surface area contributed by atoms with E-state index >= 15 is 0 Å². The number of methoxy groups -OCH3 is 1. The van der Waals surface area contributed by atoms with Crippen molar-refractivity contribution in [3.05, 3.63) is 69.6 Å². The first-order chi connectivity index (χ1) is 15.0. The predicted molar refractivity (Wildman–Crippen MR) is 125 cm³/mol. The molecule has 0 spiro atoms. The zero-order valence-corrected chi connectivity index (χ0v) is 18.7. The van der Waals surface area contributed by atoms with Crippen LogP contribution < -0.4 is 20.8 Å². The first-order valence-electron chi connectivity index (χ1n) is 10.8. The van der Waals surface area contributed by atoms with Crippen molar-refractivity contribution < 1.29 is 9.47 Å². The molecule has 3 N–H and O–H groups in total. The van der Waals surface area contributed by atoms with Gasteiger partial charge in [0.05, 0.1) is 18.2 Å². The van der Waals surface area contributed by atoms with Crippen LogP contribution in [0.5, 0.6) is 11.5 Å². The van der Waals surface area contributed by atoms with Gasteiger partial charge < -0.3 is 20.2 Å². The standard InChI is InChI=1S/C25H29ClN2O3/c1-3-23(27)25(19-6-4-5-7-21(19)30-2)11-8-17(9-12-25)31-22-14-16-10-13-28-24(29)18(16)15-20(22)26/h4-7,10,13-15,17,23H,3,8-9,11-12,27H2,1-2H3,(H,28,29)/t17-,23-,25-/m0/s1. The summed E-state index contributed by atoms with van der Waals surface area (Å²) in [5.74, 6) is 1.52. The predicted octanol–water partition coefficient (Wildman–Crippen LogP) is 5.19. The number of aromatic nitrogens is 1. The topological polar surface area (TPSA) is 77.3 Å². The lowest BCUT2D eigenvalue weighted by molar-refractivity contribution is 0.102. The van der Waals surface area contributed by atoms with Gasteiger partial charge in [0.1, 0.15) is 11.5 Å². The van der Waals surface area contributed by atoms with Gasteiger partial charge >= 0.3 is 0 Å². The number of nitrogens with two attached hydrogens (primary N) is 1. The molecule has 3 aromatic rings. The molecule has 1 fully saturated rings. The van der Waals surface area contributed by atoms with Gasteiger partial charge in [-0.3, -0.25) is 4.79 Å².